The molecule has 3 aliphatic heterocycles. The molecular weight excluding hydrogens is 1040 g/mol. The van der Waals surface area contributed by atoms with Crippen LogP contribution in [-0.4, -0.2) is 108 Å². The highest BCUT2D eigenvalue weighted by Crippen LogP contribution is 2.70. The monoisotopic (exact) mass is 1130 g/mol. The molecule has 13 unspecified atom stereocenters. The number of phenols is 1. The number of aliphatic imine (C=N–C) groups is 1. The summed E-state index contributed by atoms with van der Waals surface area (Å²) in [6.45, 7) is 4.82. The number of rotatable bonds is 25. The number of aliphatic hydroxyl groups excluding tert-OH is 3. The van der Waals surface area contributed by atoms with E-state index < -0.39 is 25.3 Å². The first kappa shape index (κ1) is 60.5. The van der Waals surface area contributed by atoms with Crippen LogP contribution in [0.2, 0.25) is 0 Å². The van der Waals surface area contributed by atoms with Crippen molar-refractivity contribution >= 4 is 23.1 Å². The molecule has 0 bridgehead atoms. The number of carbonyl (C=O) groups excluding carboxylic acids is 2. The third-order valence-electron chi connectivity index (χ3n) is 20.7. The number of allylic oxidation sites excluding steroid dienone is 3. The first-order chi connectivity index (χ1) is 40.2. The lowest BCUT2D eigenvalue weighted by Gasteiger charge is -2.55. The number of phenolic OH excluding ortho intramolecular Hbond substituents is 1. The number of Topliss-reactive ketones (excluding diaryl/α,β-unsaturated/α-hetero) is 1. The van der Waals surface area contributed by atoms with Gasteiger partial charge in [-0.25, -0.2) is 0 Å². The first-order valence-electron chi connectivity index (χ1n) is 31.3. The number of aryl methyl sites for hydroxylation is 3. The molecule has 7 aliphatic rings. The molecule has 5 fully saturated rings. The van der Waals surface area contributed by atoms with Gasteiger partial charge in [-0.3, -0.25) is 14.6 Å². The summed E-state index contributed by atoms with van der Waals surface area (Å²) >= 11 is 0. The molecule has 4 saturated carbocycles. The largest absolute Gasteiger partial charge is 0.504 e. The van der Waals surface area contributed by atoms with E-state index in [2.05, 4.69) is 86.9 Å². The SMILES string of the molecule is CC(O)CNC1CC2(CC3C4CCNCC4CC4C=CCNC43)CC(CC(=O)CC(=O)C=C(CO)c3cc(OCO)c(O)cc3CC3=CNC(N)C=C3CCc3cccc(CCc4ccccc4)c3)CCC2C12CCC(CCN=C(N)N)C2. The minimum absolute atomic E-state index is 0.00515. The van der Waals surface area contributed by atoms with Gasteiger partial charge in [0.25, 0.3) is 0 Å². The van der Waals surface area contributed by atoms with Crippen LogP contribution in [0.25, 0.3) is 5.57 Å². The molecule has 0 aromatic heterocycles. The van der Waals surface area contributed by atoms with E-state index in [-0.39, 0.29) is 64.2 Å². The van der Waals surface area contributed by atoms with Gasteiger partial charge < -0.3 is 63.6 Å². The molecule has 14 N–H and O–H groups in total. The van der Waals surface area contributed by atoms with Crippen LogP contribution in [0.1, 0.15) is 125 Å². The maximum absolute atomic E-state index is 14.5. The molecular formula is C68H94N8O7. The van der Waals surface area contributed by atoms with Gasteiger partial charge in [-0.1, -0.05) is 66.7 Å². The van der Waals surface area contributed by atoms with E-state index in [1.54, 1.807) is 12.1 Å². The zero-order valence-electron chi connectivity index (χ0n) is 49.0. The van der Waals surface area contributed by atoms with Gasteiger partial charge >= 0.3 is 0 Å². The molecule has 1 spiro atoms. The summed E-state index contributed by atoms with van der Waals surface area (Å²) in [4.78, 5) is 33.2. The number of aromatic hydroxyl groups is 1. The Labute approximate surface area is 492 Å². The summed E-state index contributed by atoms with van der Waals surface area (Å²) < 4.78 is 5.44. The number of nitrogens with zero attached hydrogens (tertiary/aromatic N) is 1. The van der Waals surface area contributed by atoms with Crippen molar-refractivity contribution in [2.24, 2.45) is 74.4 Å². The number of fused-ring (bicyclic) bond motifs is 4. The molecule has 1 saturated heterocycles. The maximum Gasteiger partial charge on any atom is 0.186 e. The molecule has 83 heavy (non-hydrogen) atoms. The zero-order chi connectivity index (χ0) is 58.1. The lowest BCUT2D eigenvalue weighted by Crippen LogP contribution is -2.57. The van der Waals surface area contributed by atoms with Crippen LogP contribution in [0.4, 0.5) is 0 Å². The topological polar surface area (TPSA) is 263 Å². The number of aliphatic hydroxyl groups is 3. The second kappa shape index (κ2) is 27.6. The Balaban J connectivity index is 0.867. The van der Waals surface area contributed by atoms with Gasteiger partial charge in [0.2, 0.25) is 0 Å². The average Bonchev–Trinajstić information content (AvgIpc) is 1.65. The Kier molecular flexibility index (Phi) is 20.1. The summed E-state index contributed by atoms with van der Waals surface area (Å²) in [5.41, 5.74) is 25.2. The summed E-state index contributed by atoms with van der Waals surface area (Å²) in [6.07, 6.45) is 24.6. The average molecular weight is 1140 g/mol. The third-order valence-corrected chi connectivity index (χ3v) is 20.7. The minimum atomic E-state index is -0.690. The second-order valence-electron chi connectivity index (χ2n) is 26.1. The number of benzene rings is 3. The lowest BCUT2D eigenvalue weighted by atomic mass is 9.52. The van der Waals surface area contributed by atoms with Crippen LogP contribution < -0.4 is 43.2 Å². The number of nitrogens with two attached hydrogens (primary N) is 3. The van der Waals surface area contributed by atoms with Gasteiger partial charge in [0, 0.05) is 44.3 Å². The van der Waals surface area contributed by atoms with E-state index >= 15 is 0 Å². The Morgan fingerprint density at radius 2 is 1.72 bits per heavy atom. The van der Waals surface area contributed by atoms with Crippen LogP contribution in [0, 0.1) is 52.3 Å². The van der Waals surface area contributed by atoms with Gasteiger partial charge in [-0.05, 0) is 244 Å². The fraction of sp³-hybridized carbons (Fsp3) is 0.574. The minimum Gasteiger partial charge on any atom is -0.504 e. The van der Waals surface area contributed by atoms with Crippen molar-refractivity contribution in [3.05, 3.63) is 136 Å². The quantitative estimate of drug-likeness (QED) is 0.0102. The van der Waals surface area contributed by atoms with Crippen molar-refractivity contribution in [3.8, 4) is 11.5 Å². The molecule has 13 atom stereocenters. The molecule has 3 heterocycles. The first-order valence-corrected chi connectivity index (χ1v) is 31.3. The van der Waals surface area contributed by atoms with Crippen molar-refractivity contribution in [2.45, 2.75) is 147 Å². The van der Waals surface area contributed by atoms with Crippen molar-refractivity contribution in [1.29, 1.82) is 0 Å². The van der Waals surface area contributed by atoms with E-state index in [1.807, 2.05) is 25.3 Å². The number of hydrogen-bond donors (Lipinski definition) is 11. The van der Waals surface area contributed by atoms with E-state index in [4.69, 9.17) is 21.9 Å². The highest BCUT2D eigenvalue weighted by Gasteiger charge is 2.65. The number of hydrogen-bond acceptors (Lipinski definition) is 13. The van der Waals surface area contributed by atoms with E-state index in [0.29, 0.717) is 85.0 Å². The van der Waals surface area contributed by atoms with Crippen molar-refractivity contribution < 1.29 is 34.8 Å². The Hall–Kier alpha value is -5.65. The number of carbonyl (C=O) groups is 2. The second-order valence-corrected chi connectivity index (χ2v) is 26.1. The number of ketones is 2. The smallest absolute Gasteiger partial charge is 0.186 e. The number of piperidine rings is 1. The van der Waals surface area contributed by atoms with Gasteiger partial charge in [0.15, 0.2) is 30.0 Å². The molecule has 0 radical (unpaired) electrons. The highest BCUT2D eigenvalue weighted by atomic mass is 16.6. The Bertz CT molecular complexity index is 2880. The Morgan fingerprint density at radius 3 is 2.51 bits per heavy atom. The normalized spacial score (nSPS) is 30.5. The molecule has 10 rings (SSSR count). The van der Waals surface area contributed by atoms with Crippen molar-refractivity contribution in [2.75, 3.05) is 46.1 Å². The van der Waals surface area contributed by atoms with Gasteiger partial charge in [-0.15, -0.1) is 0 Å². The Morgan fingerprint density at radius 1 is 0.928 bits per heavy atom. The van der Waals surface area contributed by atoms with Gasteiger partial charge in [0.05, 0.1) is 25.3 Å². The number of nitrogens with one attached hydrogen (secondary N) is 4. The summed E-state index contributed by atoms with van der Waals surface area (Å²) in [5.74, 6) is 2.74. The third kappa shape index (κ3) is 14.5. The number of dihydropyridines is 1. The molecule has 448 valence electrons. The maximum atomic E-state index is 14.5. The van der Waals surface area contributed by atoms with E-state index in [0.717, 1.165) is 108 Å². The lowest BCUT2D eigenvalue weighted by molar-refractivity contribution is -0.126. The zero-order valence-corrected chi connectivity index (χ0v) is 49.0. The molecule has 4 aliphatic carbocycles. The molecule has 3 aromatic carbocycles. The van der Waals surface area contributed by atoms with Crippen LogP contribution in [0.5, 0.6) is 11.5 Å². The van der Waals surface area contributed by atoms with Crippen LogP contribution in [0.3, 0.4) is 0 Å². The number of ether oxygens (including phenoxy) is 1. The summed E-state index contributed by atoms with van der Waals surface area (Å²) in [6, 6.07) is 23.0. The van der Waals surface area contributed by atoms with Crippen molar-refractivity contribution in [3.63, 3.8) is 0 Å². The predicted octanol–water partition coefficient (Wildman–Crippen LogP) is 7.05. The van der Waals surface area contributed by atoms with Crippen LogP contribution >= 0.6 is 0 Å². The van der Waals surface area contributed by atoms with Gasteiger partial charge in [-0.2, -0.15) is 0 Å². The molecule has 15 nitrogen and oxygen atoms in total. The molecule has 3 aromatic rings. The van der Waals surface area contributed by atoms with Crippen LogP contribution in [-0.2, 0) is 35.3 Å². The summed E-state index contributed by atoms with van der Waals surface area (Å²) in [5, 5.41) is 57.8. The van der Waals surface area contributed by atoms with Gasteiger partial charge in [0.1, 0.15) is 5.78 Å². The van der Waals surface area contributed by atoms with E-state index in [9.17, 15) is 30.0 Å². The fourth-order valence-corrected chi connectivity index (χ4v) is 17.3. The molecule has 0 amide bonds. The van der Waals surface area contributed by atoms with Crippen LogP contribution in [0.15, 0.2) is 113 Å². The predicted molar refractivity (Wildman–Crippen MR) is 328 cm³/mol. The molecule has 15 heteroatoms. The summed E-state index contributed by atoms with van der Waals surface area (Å²) in [7, 11) is 0. The highest BCUT2D eigenvalue weighted by molar-refractivity contribution is 6.07. The fourth-order valence-electron chi connectivity index (χ4n) is 17.3. The standard InChI is InChI=1S/C68H94N8O7/c1-43(79)38-75-63-37-67(36-59-57-20-23-72-39-53(57)27-50-11-6-22-73-65(50)59)34-48(15-17-62(67)68(63)21-18-47(35-68)19-24-74-66(70)71)26-55(80)32-56(81)29-54(41-77)58-33-61(83-42-78)60(82)30-51(58)28-52-40-76-64(69)31-49(52)16-14-46-10-5-9-45(25-46)13-12-44-7-3-2-4-8-44/h2-11,25,29-31,33,40,43,47-48,50,53,57,59,62-65,72-73,75-79,82H,12-24,26-28,32,34-39,41-42,69H2,1H3,(H4,70,71,74). The van der Waals surface area contributed by atoms with Crippen molar-refractivity contribution in [1.82, 2.24) is 21.3 Å². The number of guanidine groups is 1. The van der Waals surface area contributed by atoms with E-state index in [1.165, 1.54) is 35.6 Å².